The van der Waals surface area contributed by atoms with Gasteiger partial charge in [-0.3, -0.25) is 10.1 Å². The van der Waals surface area contributed by atoms with Crippen molar-refractivity contribution in [1.82, 2.24) is 5.32 Å². The number of ether oxygens (including phenoxy) is 4. The number of methoxy groups -OCH3 is 1. The van der Waals surface area contributed by atoms with Gasteiger partial charge in [-0.25, -0.2) is 0 Å². The van der Waals surface area contributed by atoms with Crippen molar-refractivity contribution in [3.8, 4) is 11.5 Å². The Morgan fingerprint density at radius 1 is 1.03 bits per heavy atom. The van der Waals surface area contributed by atoms with Crippen molar-refractivity contribution in [2.24, 2.45) is 0 Å². The van der Waals surface area contributed by atoms with Gasteiger partial charge in [-0.2, -0.15) is 0 Å². The van der Waals surface area contributed by atoms with Gasteiger partial charge in [-0.05, 0) is 77.5 Å². The molecule has 162 valence electrons. The molecule has 0 aliphatic carbocycles. The number of carbonyl (C=O) groups is 1. The summed E-state index contributed by atoms with van der Waals surface area (Å²) >= 11 is 8.64. The van der Waals surface area contributed by atoms with Crippen molar-refractivity contribution < 1.29 is 23.7 Å². The molecule has 0 bridgehead atoms. The summed E-state index contributed by atoms with van der Waals surface area (Å²) in [6.45, 7) is 4.54. The molecule has 0 heterocycles. The number of amides is 1. The first-order chi connectivity index (χ1) is 14.5. The third-order valence-corrected chi connectivity index (χ3v) is 4.60. The zero-order valence-electron chi connectivity index (χ0n) is 16.9. The maximum absolute atomic E-state index is 12.4. The van der Waals surface area contributed by atoms with Crippen LogP contribution in [0.1, 0.15) is 17.3 Å². The van der Waals surface area contributed by atoms with Gasteiger partial charge in [0.25, 0.3) is 5.91 Å². The molecule has 30 heavy (non-hydrogen) atoms. The zero-order valence-corrected chi connectivity index (χ0v) is 19.3. The molecule has 0 saturated carbocycles. The van der Waals surface area contributed by atoms with Crippen molar-refractivity contribution >= 4 is 44.9 Å². The van der Waals surface area contributed by atoms with E-state index in [2.05, 4.69) is 26.6 Å². The molecule has 2 N–H and O–H groups in total. The number of hydrogen-bond donors (Lipinski definition) is 2. The summed E-state index contributed by atoms with van der Waals surface area (Å²) in [5.41, 5.74) is 1.18. The van der Waals surface area contributed by atoms with Crippen LogP contribution in [0.5, 0.6) is 11.5 Å². The van der Waals surface area contributed by atoms with Gasteiger partial charge < -0.3 is 24.3 Å². The molecule has 7 nitrogen and oxygen atoms in total. The molecular weight excluding hydrogens is 472 g/mol. The van der Waals surface area contributed by atoms with Crippen LogP contribution in [0.4, 0.5) is 5.69 Å². The first kappa shape index (κ1) is 24.1. The van der Waals surface area contributed by atoms with E-state index < -0.39 is 0 Å². The third kappa shape index (κ3) is 8.27. The van der Waals surface area contributed by atoms with Gasteiger partial charge in [-0.1, -0.05) is 0 Å². The molecule has 0 radical (unpaired) electrons. The summed E-state index contributed by atoms with van der Waals surface area (Å²) in [5.74, 6) is 1.04. The summed E-state index contributed by atoms with van der Waals surface area (Å²) in [6.07, 6.45) is 0. The Morgan fingerprint density at radius 3 is 2.43 bits per heavy atom. The molecule has 9 heteroatoms. The fraction of sp³-hybridized carbons (Fsp3) is 0.333. The molecule has 0 spiro atoms. The highest BCUT2D eigenvalue weighted by molar-refractivity contribution is 9.10. The van der Waals surface area contributed by atoms with Gasteiger partial charge in [0.2, 0.25) is 0 Å². The third-order valence-electron chi connectivity index (χ3n) is 3.78. The van der Waals surface area contributed by atoms with Crippen LogP contribution in [0.3, 0.4) is 0 Å². The number of halogens is 1. The average molecular weight is 497 g/mol. The largest absolute Gasteiger partial charge is 0.491 e. The number of hydrogen-bond acceptors (Lipinski definition) is 6. The average Bonchev–Trinajstić information content (AvgIpc) is 2.73. The van der Waals surface area contributed by atoms with Crippen molar-refractivity contribution in [3.63, 3.8) is 0 Å². The Bertz CT molecular complexity index is 833. The van der Waals surface area contributed by atoms with Gasteiger partial charge in [-0.15, -0.1) is 0 Å². The zero-order chi connectivity index (χ0) is 21.8. The van der Waals surface area contributed by atoms with Gasteiger partial charge in [0, 0.05) is 25.0 Å². The second-order valence-corrected chi connectivity index (χ2v) is 7.23. The SMILES string of the molecule is CCOCCOc1ccc(NC(=S)NC(=O)c2ccc(OCCOC)c(Br)c2)cc1. The van der Waals surface area contributed by atoms with Crippen LogP contribution in [0.2, 0.25) is 0 Å². The summed E-state index contributed by atoms with van der Waals surface area (Å²) < 4.78 is 22.0. The first-order valence-electron chi connectivity index (χ1n) is 9.37. The predicted molar refractivity (Wildman–Crippen MR) is 124 cm³/mol. The summed E-state index contributed by atoms with van der Waals surface area (Å²) in [6, 6.07) is 12.3. The van der Waals surface area contributed by atoms with Crippen molar-refractivity contribution in [1.29, 1.82) is 0 Å². The van der Waals surface area contributed by atoms with Crippen LogP contribution in [0, 0.1) is 0 Å². The van der Waals surface area contributed by atoms with Crippen LogP contribution < -0.4 is 20.1 Å². The lowest BCUT2D eigenvalue weighted by Gasteiger charge is -2.12. The van der Waals surface area contributed by atoms with E-state index in [0.717, 1.165) is 11.4 Å². The molecule has 0 saturated heterocycles. The Labute approximate surface area is 190 Å². The minimum Gasteiger partial charge on any atom is -0.491 e. The minimum atomic E-state index is -0.326. The number of benzene rings is 2. The molecule has 0 aliphatic heterocycles. The fourth-order valence-corrected chi connectivity index (χ4v) is 3.03. The van der Waals surface area contributed by atoms with Gasteiger partial charge in [0.1, 0.15) is 24.7 Å². The fourth-order valence-electron chi connectivity index (χ4n) is 2.33. The number of rotatable bonds is 11. The lowest BCUT2D eigenvalue weighted by atomic mass is 10.2. The number of anilines is 1. The van der Waals surface area contributed by atoms with Crippen LogP contribution in [0.15, 0.2) is 46.9 Å². The summed E-state index contributed by atoms with van der Waals surface area (Å²) in [5, 5.41) is 5.83. The smallest absolute Gasteiger partial charge is 0.257 e. The summed E-state index contributed by atoms with van der Waals surface area (Å²) in [4.78, 5) is 12.4. The van der Waals surface area contributed by atoms with Crippen LogP contribution in [0.25, 0.3) is 0 Å². The summed E-state index contributed by atoms with van der Waals surface area (Å²) in [7, 11) is 1.61. The number of thiocarbonyl (C=S) groups is 1. The number of carbonyl (C=O) groups excluding carboxylic acids is 1. The second kappa shape index (κ2) is 13.2. The minimum absolute atomic E-state index is 0.196. The van der Waals surface area contributed by atoms with Gasteiger partial charge in [0.15, 0.2) is 5.11 Å². The van der Waals surface area contributed by atoms with E-state index in [1.807, 2.05) is 31.2 Å². The lowest BCUT2D eigenvalue weighted by Crippen LogP contribution is -2.34. The Hall–Kier alpha value is -2.20. The molecule has 2 aromatic carbocycles. The maximum atomic E-state index is 12.4. The Balaban J connectivity index is 1.84. The highest BCUT2D eigenvalue weighted by Gasteiger charge is 2.11. The van der Waals surface area contributed by atoms with E-state index in [9.17, 15) is 4.79 Å². The molecule has 1 amide bonds. The van der Waals surface area contributed by atoms with Gasteiger partial charge >= 0.3 is 0 Å². The molecule has 0 fully saturated rings. The monoisotopic (exact) mass is 496 g/mol. The maximum Gasteiger partial charge on any atom is 0.257 e. The molecule has 2 aromatic rings. The van der Waals surface area contributed by atoms with Crippen LogP contribution >= 0.6 is 28.1 Å². The molecule has 2 rings (SSSR count). The van der Waals surface area contributed by atoms with E-state index in [1.165, 1.54) is 0 Å². The second-order valence-electron chi connectivity index (χ2n) is 5.96. The van der Waals surface area contributed by atoms with Crippen molar-refractivity contribution in [2.45, 2.75) is 6.92 Å². The molecular formula is C21H25BrN2O5S. The quantitative estimate of drug-likeness (QED) is 0.359. The highest BCUT2D eigenvalue weighted by Crippen LogP contribution is 2.26. The van der Waals surface area contributed by atoms with E-state index >= 15 is 0 Å². The van der Waals surface area contributed by atoms with E-state index in [1.54, 1.807) is 25.3 Å². The van der Waals surface area contributed by atoms with Crippen LogP contribution in [-0.2, 0) is 9.47 Å². The lowest BCUT2D eigenvalue weighted by molar-refractivity contribution is 0.0977. The van der Waals surface area contributed by atoms with E-state index in [0.29, 0.717) is 48.8 Å². The Kier molecular flexibility index (Phi) is 10.6. The van der Waals surface area contributed by atoms with Gasteiger partial charge in [0.05, 0.1) is 17.7 Å². The predicted octanol–water partition coefficient (Wildman–Crippen LogP) is 4.02. The van der Waals surface area contributed by atoms with Crippen molar-refractivity contribution in [3.05, 3.63) is 52.5 Å². The topological polar surface area (TPSA) is 78.1 Å². The molecule has 0 atom stereocenters. The Morgan fingerprint density at radius 2 is 1.77 bits per heavy atom. The van der Waals surface area contributed by atoms with Crippen LogP contribution in [-0.4, -0.2) is 51.2 Å². The van der Waals surface area contributed by atoms with E-state index in [-0.39, 0.29) is 11.0 Å². The standard InChI is InChI=1S/C21H25BrN2O5S/c1-3-27-11-13-28-17-7-5-16(6-8-17)23-21(30)24-20(25)15-4-9-19(18(22)14-15)29-12-10-26-2/h4-9,14H,3,10-13H2,1-2H3,(H2,23,24,25,30). The normalized spacial score (nSPS) is 10.4. The molecule has 0 aliphatic rings. The van der Waals surface area contributed by atoms with Crippen molar-refractivity contribution in [2.75, 3.05) is 45.5 Å². The number of nitrogens with one attached hydrogen (secondary N) is 2. The van der Waals surface area contributed by atoms with E-state index in [4.69, 9.17) is 31.2 Å². The highest BCUT2D eigenvalue weighted by atomic mass is 79.9. The molecule has 0 unspecified atom stereocenters. The first-order valence-corrected chi connectivity index (χ1v) is 10.6. The molecule has 0 aromatic heterocycles.